The third kappa shape index (κ3) is 6.47. The number of sulfonamides is 1. The van der Waals surface area contributed by atoms with Crippen molar-refractivity contribution >= 4 is 27.9 Å². The molecule has 4 N–H and O–H groups in total. The van der Waals surface area contributed by atoms with Gasteiger partial charge in [0.15, 0.2) is 0 Å². The second-order valence-corrected chi connectivity index (χ2v) is 13.7. The average Bonchev–Trinajstić information content (AvgIpc) is 3.10. The number of nitrogens with one attached hydrogen (secondary N) is 2. The third-order valence-corrected chi connectivity index (χ3v) is 9.30. The molecule has 2 aromatic rings. The quantitative estimate of drug-likeness (QED) is 0.466. The topological polar surface area (TPSA) is 148 Å². The molecule has 1 atom stereocenters. The van der Waals surface area contributed by atoms with Crippen molar-refractivity contribution in [2.45, 2.75) is 87.9 Å². The van der Waals surface area contributed by atoms with Crippen LogP contribution < -0.4 is 16.4 Å². The Morgan fingerprint density at radius 1 is 1.02 bits per heavy atom. The molecule has 1 aliphatic heterocycles. The van der Waals surface area contributed by atoms with Crippen molar-refractivity contribution < 1.29 is 27.5 Å². The summed E-state index contributed by atoms with van der Waals surface area (Å²) in [6.07, 6.45) is 2.86. The van der Waals surface area contributed by atoms with E-state index in [2.05, 4.69) is 10.6 Å². The Kier molecular flexibility index (Phi) is 8.28. The molecule has 2 aliphatic rings. The number of carbonyl (C=O) groups excluding carboxylic acids is 3. The van der Waals surface area contributed by atoms with Crippen molar-refractivity contribution in [3.05, 3.63) is 53.6 Å². The summed E-state index contributed by atoms with van der Waals surface area (Å²) in [7, 11) is -1.87. The highest BCUT2D eigenvalue weighted by Gasteiger charge is 2.43. The monoisotopic (exact) mass is 570 g/mol. The number of primary amides is 1. The molecule has 10 nitrogen and oxygen atoms in total. The smallest absolute Gasteiger partial charge is 0.408 e. The molecule has 1 aliphatic carbocycles. The lowest BCUT2D eigenvalue weighted by atomic mass is 9.80. The third-order valence-electron chi connectivity index (χ3n) is 7.40. The first-order valence-electron chi connectivity index (χ1n) is 13.5. The summed E-state index contributed by atoms with van der Waals surface area (Å²) in [4.78, 5) is 38.7. The van der Waals surface area contributed by atoms with Crippen molar-refractivity contribution in [2.24, 2.45) is 5.73 Å². The van der Waals surface area contributed by atoms with Gasteiger partial charge in [-0.25, -0.2) is 13.2 Å². The van der Waals surface area contributed by atoms with E-state index in [0.29, 0.717) is 24.3 Å². The van der Waals surface area contributed by atoms with E-state index in [9.17, 15) is 22.8 Å². The molecular formula is C29H38N4O6S. The SMILES string of the molecule is CN1Cc2cc(-c3ccc(C[C@H](NC(=O)C4(NC(=O)OC(C)(C)C)CCCCC4)C(N)=O)cc3)ccc2S1(=O)=O. The van der Waals surface area contributed by atoms with Crippen LogP contribution in [0.15, 0.2) is 47.4 Å². The average molecular weight is 571 g/mol. The first-order valence-corrected chi connectivity index (χ1v) is 14.9. The zero-order chi connectivity index (χ0) is 29.3. The molecule has 0 bridgehead atoms. The molecular weight excluding hydrogens is 532 g/mol. The van der Waals surface area contributed by atoms with Gasteiger partial charge in [-0.1, -0.05) is 49.6 Å². The Balaban J connectivity index is 1.47. The minimum Gasteiger partial charge on any atom is -0.444 e. The molecule has 1 fully saturated rings. The molecule has 0 spiro atoms. The van der Waals surface area contributed by atoms with Crippen molar-refractivity contribution in [3.8, 4) is 11.1 Å². The van der Waals surface area contributed by atoms with Crippen LogP contribution in [0.5, 0.6) is 0 Å². The predicted molar refractivity (Wildman–Crippen MR) is 151 cm³/mol. The van der Waals surface area contributed by atoms with Gasteiger partial charge >= 0.3 is 6.09 Å². The molecule has 0 aromatic heterocycles. The van der Waals surface area contributed by atoms with Gasteiger partial charge in [0, 0.05) is 20.0 Å². The number of nitrogens with zero attached hydrogens (tertiary/aromatic N) is 1. The van der Waals surface area contributed by atoms with Crippen LogP contribution in [-0.4, -0.2) is 54.9 Å². The highest BCUT2D eigenvalue weighted by Crippen LogP contribution is 2.33. The van der Waals surface area contributed by atoms with Crippen molar-refractivity contribution in [1.82, 2.24) is 14.9 Å². The molecule has 3 amide bonds. The lowest BCUT2D eigenvalue weighted by Crippen LogP contribution is -2.63. The fraction of sp³-hybridized carbons (Fsp3) is 0.483. The molecule has 11 heteroatoms. The Morgan fingerprint density at radius 3 is 2.25 bits per heavy atom. The summed E-state index contributed by atoms with van der Waals surface area (Å²) in [6, 6.07) is 11.8. The van der Waals surface area contributed by atoms with E-state index >= 15 is 0 Å². The predicted octanol–water partition coefficient (Wildman–Crippen LogP) is 3.23. The zero-order valence-corrected chi connectivity index (χ0v) is 24.3. The Labute approximate surface area is 235 Å². The van der Waals surface area contributed by atoms with Crippen LogP contribution in [0.4, 0.5) is 4.79 Å². The second-order valence-electron chi connectivity index (χ2n) is 11.7. The molecule has 4 rings (SSSR count). The Bertz CT molecular complexity index is 1390. The zero-order valence-electron chi connectivity index (χ0n) is 23.5. The maximum Gasteiger partial charge on any atom is 0.408 e. The van der Waals surface area contributed by atoms with Gasteiger partial charge in [-0.15, -0.1) is 0 Å². The van der Waals surface area contributed by atoms with Gasteiger partial charge in [0.2, 0.25) is 21.8 Å². The molecule has 1 saturated carbocycles. The van der Waals surface area contributed by atoms with E-state index in [4.69, 9.17) is 10.5 Å². The number of benzene rings is 2. The number of nitrogens with two attached hydrogens (primary N) is 1. The standard InChI is InChI=1S/C29H38N4O6S/c1-28(2,3)39-27(36)32-29(14-6-5-7-15-29)26(35)31-23(25(30)34)16-19-8-10-20(11-9-19)21-12-13-24-22(17-21)18-33(4)40(24,37)38/h8-13,17,23H,5-7,14-16,18H2,1-4H3,(H2,30,34)(H,31,35)(H,32,36)/t23-/m0/s1. The summed E-state index contributed by atoms with van der Waals surface area (Å²) in [5.41, 5.74) is 7.09. The van der Waals surface area contributed by atoms with E-state index < -0.39 is 45.1 Å². The Hall–Kier alpha value is -3.44. The van der Waals surface area contributed by atoms with Crippen LogP contribution in [0, 0.1) is 0 Å². The van der Waals surface area contributed by atoms with Gasteiger partial charge in [-0.3, -0.25) is 9.59 Å². The van der Waals surface area contributed by atoms with Gasteiger partial charge in [0.25, 0.3) is 0 Å². The minimum atomic E-state index is -3.42. The molecule has 0 radical (unpaired) electrons. The summed E-state index contributed by atoms with van der Waals surface area (Å²) in [5.74, 6) is -1.12. The fourth-order valence-electron chi connectivity index (χ4n) is 5.28. The van der Waals surface area contributed by atoms with E-state index in [1.54, 1.807) is 40.0 Å². The molecule has 2 aromatic carbocycles. The number of amides is 3. The maximum absolute atomic E-state index is 13.5. The van der Waals surface area contributed by atoms with Crippen LogP contribution in [-0.2, 0) is 37.3 Å². The van der Waals surface area contributed by atoms with Crippen LogP contribution >= 0.6 is 0 Å². The minimum absolute atomic E-state index is 0.178. The van der Waals surface area contributed by atoms with Crippen LogP contribution in [0.25, 0.3) is 11.1 Å². The number of alkyl carbamates (subject to hydrolysis) is 1. The summed E-state index contributed by atoms with van der Waals surface area (Å²) >= 11 is 0. The molecule has 1 heterocycles. The van der Waals surface area contributed by atoms with Gasteiger partial charge in [-0.05, 0) is 68.0 Å². The number of ether oxygens (including phenoxy) is 1. The number of fused-ring (bicyclic) bond motifs is 1. The number of hydrogen-bond acceptors (Lipinski definition) is 6. The molecule has 0 unspecified atom stereocenters. The molecule has 0 saturated heterocycles. The van der Waals surface area contributed by atoms with Crippen LogP contribution in [0.1, 0.15) is 64.0 Å². The highest BCUT2D eigenvalue weighted by atomic mass is 32.2. The van der Waals surface area contributed by atoms with Gasteiger partial charge in [0.05, 0.1) is 4.90 Å². The second kappa shape index (κ2) is 11.2. The molecule has 40 heavy (non-hydrogen) atoms. The van der Waals surface area contributed by atoms with E-state index in [0.717, 1.165) is 41.5 Å². The summed E-state index contributed by atoms with van der Waals surface area (Å²) in [6.45, 7) is 5.58. The lowest BCUT2D eigenvalue weighted by Gasteiger charge is -2.37. The van der Waals surface area contributed by atoms with Gasteiger partial charge in [0.1, 0.15) is 17.2 Å². The van der Waals surface area contributed by atoms with Crippen LogP contribution in [0.3, 0.4) is 0 Å². The van der Waals surface area contributed by atoms with E-state index in [1.807, 2.05) is 30.3 Å². The number of hydrogen-bond donors (Lipinski definition) is 3. The van der Waals surface area contributed by atoms with E-state index in [-0.39, 0.29) is 6.42 Å². The largest absolute Gasteiger partial charge is 0.444 e. The number of carbonyl (C=O) groups is 3. The highest BCUT2D eigenvalue weighted by molar-refractivity contribution is 7.89. The van der Waals surface area contributed by atoms with Gasteiger partial charge in [-0.2, -0.15) is 4.31 Å². The van der Waals surface area contributed by atoms with Crippen molar-refractivity contribution in [1.29, 1.82) is 0 Å². The first-order chi connectivity index (χ1) is 18.7. The summed E-state index contributed by atoms with van der Waals surface area (Å²) in [5, 5.41) is 5.57. The fourth-order valence-corrected chi connectivity index (χ4v) is 6.62. The van der Waals surface area contributed by atoms with Crippen molar-refractivity contribution in [2.75, 3.05) is 7.05 Å². The van der Waals surface area contributed by atoms with Gasteiger partial charge < -0.3 is 21.1 Å². The molecule has 216 valence electrons. The van der Waals surface area contributed by atoms with E-state index in [1.165, 1.54) is 4.31 Å². The normalized spacial score (nSPS) is 18.8. The van der Waals surface area contributed by atoms with Crippen LogP contribution in [0.2, 0.25) is 0 Å². The first kappa shape index (κ1) is 29.5. The maximum atomic E-state index is 13.5. The Morgan fingerprint density at radius 2 is 1.65 bits per heavy atom. The number of rotatable bonds is 7. The lowest BCUT2D eigenvalue weighted by molar-refractivity contribution is -0.133. The summed E-state index contributed by atoms with van der Waals surface area (Å²) < 4.78 is 31.5. The van der Waals surface area contributed by atoms with Crippen molar-refractivity contribution in [3.63, 3.8) is 0 Å².